The van der Waals surface area contributed by atoms with Crippen molar-refractivity contribution in [2.45, 2.75) is 6.92 Å². The molecule has 1 radical (unpaired) electrons. The molecule has 0 aromatic carbocycles. The van der Waals surface area contributed by atoms with E-state index in [0.29, 0.717) is 6.54 Å². The third-order valence-corrected chi connectivity index (χ3v) is 0. The van der Waals surface area contributed by atoms with Crippen molar-refractivity contribution in [2.24, 2.45) is 0 Å². The average Bonchev–Trinajstić information content (AvgIpc) is 1.46. The summed E-state index contributed by atoms with van der Waals surface area (Å²) in [6.45, 7) is 8.29. The number of hydrogen-bond acceptors (Lipinski definition) is 0. The molecule has 0 saturated carbocycles. The van der Waals surface area contributed by atoms with Gasteiger partial charge in [0.2, 0.25) is 0 Å². The van der Waals surface area contributed by atoms with Crippen LogP contribution in [0.2, 0.25) is 0 Å². The molecule has 1 nitrogen and oxygen atoms in total. The smallest absolute Gasteiger partial charge is 0 e. The number of nitrogens with one attached hydrogen (secondary N) is 1. The summed E-state index contributed by atoms with van der Waals surface area (Å²) < 4.78 is 0. The predicted molar refractivity (Wildman–Crippen MR) is 32.5 cm³/mol. The molecule has 0 heterocycles. The fourth-order valence-corrected chi connectivity index (χ4v) is 0. The molecule has 0 atom stereocenters. The third kappa shape index (κ3) is 142. The maximum Gasteiger partial charge on any atom is 0 e. The SMILES string of the molecule is C=C.CC[NH-].[CH3-].[W].[Y]. The fourth-order valence-electron chi connectivity index (χ4n) is 0. The molecule has 0 amide bonds. The van der Waals surface area contributed by atoms with Crippen molar-refractivity contribution in [2.75, 3.05) is 6.54 Å². The first kappa shape index (κ1) is 33.9. The zero-order valence-electron chi connectivity index (χ0n) is 5.61. The van der Waals surface area contributed by atoms with E-state index < -0.39 is 0 Å². The van der Waals surface area contributed by atoms with Gasteiger partial charge >= 0.3 is 0 Å². The van der Waals surface area contributed by atoms with Crippen molar-refractivity contribution in [3.63, 3.8) is 0 Å². The Hall–Kier alpha value is 1.49. The molecule has 0 aliphatic carbocycles. The van der Waals surface area contributed by atoms with Gasteiger partial charge in [0.05, 0.1) is 0 Å². The molecule has 0 aliphatic rings. The molecule has 0 spiro atoms. The zero-order valence-corrected chi connectivity index (χ0v) is 11.4. The first-order valence-corrected chi connectivity index (χ1v) is 1.56. The zero-order chi connectivity index (χ0) is 4.71. The van der Waals surface area contributed by atoms with Crippen LogP contribution in [0.15, 0.2) is 13.2 Å². The van der Waals surface area contributed by atoms with E-state index in [9.17, 15) is 0 Å². The predicted octanol–water partition coefficient (Wildman–Crippen LogP) is 2.31. The van der Waals surface area contributed by atoms with Crippen molar-refractivity contribution < 1.29 is 53.8 Å². The minimum absolute atomic E-state index is 0. The van der Waals surface area contributed by atoms with E-state index in [4.69, 9.17) is 5.73 Å². The van der Waals surface area contributed by atoms with Crippen LogP contribution in [0.25, 0.3) is 5.73 Å². The average molecular weight is 360 g/mol. The van der Waals surface area contributed by atoms with Crippen LogP contribution in [-0.4, -0.2) is 6.54 Å². The topological polar surface area (TPSA) is 23.8 Å². The van der Waals surface area contributed by atoms with E-state index in [2.05, 4.69) is 13.2 Å². The number of hydrogen-bond donors (Lipinski definition) is 0. The van der Waals surface area contributed by atoms with Gasteiger partial charge in [-0.1, -0.05) is 6.92 Å². The van der Waals surface area contributed by atoms with Gasteiger partial charge in [-0.3, -0.25) is 0 Å². The van der Waals surface area contributed by atoms with E-state index in [1.54, 1.807) is 6.92 Å². The molecular formula is C5H13NWY-2. The Balaban J connectivity index is -0.00000000567. The minimum atomic E-state index is 0. The number of rotatable bonds is 0. The molecule has 0 fully saturated rings. The monoisotopic (exact) mass is 360 g/mol. The van der Waals surface area contributed by atoms with E-state index in [-0.39, 0.29) is 61.2 Å². The van der Waals surface area contributed by atoms with Crippen LogP contribution in [0.5, 0.6) is 0 Å². The van der Waals surface area contributed by atoms with Gasteiger partial charge in [0.1, 0.15) is 0 Å². The van der Waals surface area contributed by atoms with E-state index in [1.807, 2.05) is 0 Å². The molecule has 0 aromatic rings. The van der Waals surface area contributed by atoms with Gasteiger partial charge in [-0.25, -0.2) is 0 Å². The summed E-state index contributed by atoms with van der Waals surface area (Å²) in [6, 6.07) is 0. The Kier molecular flexibility index (Phi) is 325. The summed E-state index contributed by atoms with van der Waals surface area (Å²) in [5, 5.41) is 0. The Morgan fingerprint density at radius 3 is 1.38 bits per heavy atom. The van der Waals surface area contributed by atoms with Crippen LogP contribution >= 0.6 is 0 Å². The van der Waals surface area contributed by atoms with E-state index in [0.717, 1.165) is 0 Å². The standard InChI is InChI=1S/C2H6N.C2H4.CH3.W.Y/c1-2-3;1-2;;;/h3H,2H2,1H3;1-2H2;1H3;;/q-1;;-1;;. The van der Waals surface area contributed by atoms with Crippen molar-refractivity contribution in [1.29, 1.82) is 0 Å². The summed E-state index contributed by atoms with van der Waals surface area (Å²) in [4.78, 5) is 0. The van der Waals surface area contributed by atoms with Crippen LogP contribution in [-0.2, 0) is 53.8 Å². The molecule has 8 heavy (non-hydrogen) atoms. The summed E-state index contributed by atoms with van der Waals surface area (Å²) in [7, 11) is 0. The maximum absolute atomic E-state index is 6.21. The van der Waals surface area contributed by atoms with Gasteiger partial charge in [-0.15, -0.1) is 13.2 Å². The van der Waals surface area contributed by atoms with Crippen LogP contribution < -0.4 is 0 Å². The molecule has 3 heteroatoms. The van der Waals surface area contributed by atoms with Gasteiger partial charge in [0.25, 0.3) is 0 Å². The summed E-state index contributed by atoms with van der Waals surface area (Å²) in [5.41, 5.74) is 6.21. The van der Waals surface area contributed by atoms with E-state index >= 15 is 0 Å². The minimum Gasteiger partial charge on any atom is -0.678 e. The fraction of sp³-hybridized carbons (Fsp3) is 0.400. The first-order valence-electron chi connectivity index (χ1n) is 1.56. The van der Waals surface area contributed by atoms with Gasteiger partial charge in [0, 0.05) is 53.8 Å². The summed E-state index contributed by atoms with van der Waals surface area (Å²) in [5.74, 6) is 0. The second-order valence-electron chi connectivity index (χ2n) is 0.354. The van der Waals surface area contributed by atoms with Crippen molar-refractivity contribution >= 4 is 0 Å². The Morgan fingerprint density at radius 1 is 1.38 bits per heavy atom. The Labute approximate surface area is 92.6 Å². The first-order chi connectivity index (χ1) is 2.41. The third-order valence-electron chi connectivity index (χ3n) is 0. The molecule has 1 N–H and O–H groups in total. The molecular weight excluding hydrogens is 347 g/mol. The van der Waals surface area contributed by atoms with Crippen LogP contribution in [0.4, 0.5) is 0 Å². The summed E-state index contributed by atoms with van der Waals surface area (Å²) in [6.07, 6.45) is 0. The maximum atomic E-state index is 6.21. The quantitative estimate of drug-likeness (QED) is 0.468. The molecule has 0 saturated heterocycles. The van der Waals surface area contributed by atoms with Gasteiger partial charge in [-0.05, 0) is 0 Å². The molecule has 0 aliphatic heterocycles. The Bertz CT molecular complexity index is 16.4. The van der Waals surface area contributed by atoms with Crippen molar-refractivity contribution in [3.8, 4) is 0 Å². The van der Waals surface area contributed by atoms with Gasteiger partial charge in [0.15, 0.2) is 0 Å². The normalized spacial score (nSPS) is 2.75. The van der Waals surface area contributed by atoms with Crippen LogP contribution in [0.1, 0.15) is 6.92 Å². The van der Waals surface area contributed by atoms with Crippen LogP contribution in [0, 0.1) is 7.43 Å². The molecule has 0 rings (SSSR count). The molecule has 0 aromatic heterocycles. The van der Waals surface area contributed by atoms with Crippen molar-refractivity contribution in [1.82, 2.24) is 0 Å². The second kappa shape index (κ2) is 76.7. The van der Waals surface area contributed by atoms with Crippen molar-refractivity contribution in [3.05, 3.63) is 26.3 Å². The van der Waals surface area contributed by atoms with Gasteiger partial charge < -0.3 is 13.2 Å². The van der Waals surface area contributed by atoms with Gasteiger partial charge in [-0.2, -0.15) is 6.54 Å². The van der Waals surface area contributed by atoms with E-state index in [1.165, 1.54) is 0 Å². The largest absolute Gasteiger partial charge is 0.678 e. The second-order valence-corrected chi connectivity index (χ2v) is 0.354. The van der Waals surface area contributed by atoms with Crippen LogP contribution in [0.3, 0.4) is 0 Å². The molecule has 0 unspecified atom stereocenters. The Morgan fingerprint density at radius 2 is 1.38 bits per heavy atom. The summed E-state index contributed by atoms with van der Waals surface area (Å²) >= 11 is 0. The molecule has 0 bridgehead atoms. The molecule has 49 valence electrons.